The molecule has 0 bridgehead atoms. The number of aromatic nitrogens is 2. The van der Waals surface area contributed by atoms with Gasteiger partial charge in [0.25, 0.3) is 11.6 Å². The van der Waals surface area contributed by atoms with Gasteiger partial charge in [-0.1, -0.05) is 28.4 Å². The number of pyridine rings is 1. The number of halogens is 2. The topological polar surface area (TPSA) is 94.3 Å². The second-order valence-corrected chi connectivity index (χ2v) is 7.82. The molecular weight excluding hydrogens is 417 g/mol. The normalized spacial score (nSPS) is 14.6. The smallest absolute Gasteiger partial charge is 0.339 e. The Kier molecular flexibility index (Phi) is 5.19. The van der Waals surface area contributed by atoms with Crippen LogP contribution < -0.4 is 5.32 Å². The number of hydrogen-bond donors (Lipinski definition) is 1. The van der Waals surface area contributed by atoms with E-state index in [1.807, 2.05) is 0 Å². The van der Waals surface area contributed by atoms with Crippen molar-refractivity contribution in [2.24, 2.45) is 0 Å². The summed E-state index contributed by atoms with van der Waals surface area (Å²) in [6.45, 7) is 3.21. The molecule has 0 spiro atoms. The summed E-state index contributed by atoms with van der Waals surface area (Å²) in [6.07, 6.45) is 0.976. The molecule has 0 aliphatic heterocycles. The van der Waals surface area contributed by atoms with Crippen molar-refractivity contribution in [3.63, 3.8) is 0 Å². The lowest BCUT2D eigenvalue weighted by atomic mass is 10.1. The second-order valence-electron chi connectivity index (χ2n) is 6.98. The molecule has 1 amide bonds. The maximum Gasteiger partial charge on any atom is 0.339 e. The summed E-state index contributed by atoms with van der Waals surface area (Å²) < 4.78 is 10.6. The van der Waals surface area contributed by atoms with E-state index in [1.165, 1.54) is 13.0 Å². The van der Waals surface area contributed by atoms with E-state index in [9.17, 15) is 9.59 Å². The molecule has 1 aliphatic carbocycles. The zero-order valence-corrected chi connectivity index (χ0v) is 17.2. The van der Waals surface area contributed by atoms with Gasteiger partial charge in [0.15, 0.2) is 6.10 Å². The first kappa shape index (κ1) is 19.7. The summed E-state index contributed by atoms with van der Waals surface area (Å²) in [4.78, 5) is 29.7. The SMILES string of the molecule is Cc1noc2nc(C3CC3)cc(C(=O)OC(C)C(=O)Nc3ccc(Cl)cc3Cl)c12. The monoisotopic (exact) mass is 433 g/mol. The Hall–Kier alpha value is -2.64. The number of carbonyl (C=O) groups is 2. The number of hydrogen-bond acceptors (Lipinski definition) is 6. The second kappa shape index (κ2) is 7.65. The molecule has 2 heterocycles. The first-order valence-electron chi connectivity index (χ1n) is 9.07. The highest BCUT2D eigenvalue weighted by molar-refractivity contribution is 6.36. The fraction of sp³-hybridized carbons (Fsp3) is 0.300. The van der Waals surface area contributed by atoms with Gasteiger partial charge in [0.05, 0.1) is 27.4 Å². The van der Waals surface area contributed by atoms with E-state index in [-0.39, 0.29) is 5.02 Å². The van der Waals surface area contributed by atoms with E-state index >= 15 is 0 Å². The Morgan fingerprint density at radius 1 is 1.28 bits per heavy atom. The van der Waals surface area contributed by atoms with Crippen LogP contribution in [0, 0.1) is 6.92 Å². The van der Waals surface area contributed by atoms with Gasteiger partial charge < -0.3 is 14.6 Å². The van der Waals surface area contributed by atoms with Crippen molar-refractivity contribution in [2.75, 3.05) is 5.32 Å². The maximum atomic E-state index is 12.8. The molecular formula is C20H17Cl2N3O4. The number of amides is 1. The Morgan fingerprint density at radius 2 is 2.03 bits per heavy atom. The molecule has 0 saturated heterocycles. The van der Waals surface area contributed by atoms with Crippen molar-refractivity contribution in [3.05, 3.63) is 51.3 Å². The predicted molar refractivity (Wildman–Crippen MR) is 108 cm³/mol. The van der Waals surface area contributed by atoms with Crippen LogP contribution in [-0.2, 0) is 9.53 Å². The number of esters is 1. The van der Waals surface area contributed by atoms with Crippen LogP contribution in [0.1, 0.15) is 47.4 Å². The first-order chi connectivity index (χ1) is 13.8. The zero-order chi connectivity index (χ0) is 20.7. The van der Waals surface area contributed by atoms with Crippen LogP contribution >= 0.6 is 23.2 Å². The van der Waals surface area contributed by atoms with Gasteiger partial charge in [-0.05, 0) is 51.0 Å². The lowest BCUT2D eigenvalue weighted by molar-refractivity contribution is -0.123. The fourth-order valence-electron chi connectivity index (χ4n) is 2.97. The lowest BCUT2D eigenvalue weighted by Gasteiger charge is -2.15. The number of fused-ring (bicyclic) bond motifs is 1. The minimum Gasteiger partial charge on any atom is -0.449 e. The minimum absolute atomic E-state index is 0.286. The molecule has 1 fully saturated rings. The standard InChI is InChI=1S/C20H17Cl2N3O4/c1-9-17-13(8-16(11-3-4-11)24-19(17)29-25-9)20(27)28-10(2)18(26)23-15-6-5-12(21)7-14(15)22/h5-8,10-11H,3-4H2,1-2H3,(H,23,26). The van der Waals surface area contributed by atoms with Crippen LogP contribution in [0.25, 0.3) is 11.1 Å². The number of aryl methyl sites for hydroxylation is 1. The van der Waals surface area contributed by atoms with Crippen LogP contribution in [0.15, 0.2) is 28.8 Å². The molecule has 0 radical (unpaired) electrons. The van der Waals surface area contributed by atoms with Gasteiger partial charge in [0.1, 0.15) is 0 Å². The van der Waals surface area contributed by atoms with Crippen molar-refractivity contribution in [1.29, 1.82) is 0 Å². The lowest BCUT2D eigenvalue weighted by Crippen LogP contribution is -2.30. The number of ether oxygens (including phenoxy) is 1. The quantitative estimate of drug-likeness (QED) is 0.574. The van der Waals surface area contributed by atoms with Gasteiger partial charge in [-0.3, -0.25) is 4.79 Å². The number of rotatable bonds is 5. The molecule has 1 aliphatic rings. The molecule has 150 valence electrons. The van der Waals surface area contributed by atoms with Gasteiger partial charge >= 0.3 is 5.97 Å². The number of carbonyl (C=O) groups excluding carboxylic acids is 2. The highest BCUT2D eigenvalue weighted by Crippen LogP contribution is 2.40. The Balaban J connectivity index is 1.54. The Morgan fingerprint density at radius 3 is 2.72 bits per heavy atom. The van der Waals surface area contributed by atoms with Crippen molar-refractivity contribution in [2.45, 2.75) is 38.7 Å². The third-order valence-electron chi connectivity index (χ3n) is 4.69. The van der Waals surface area contributed by atoms with E-state index < -0.39 is 18.0 Å². The average molecular weight is 434 g/mol. The Bertz CT molecular complexity index is 1120. The van der Waals surface area contributed by atoms with E-state index in [1.54, 1.807) is 25.1 Å². The molecule has 1 aromatic carbocycles. The highest BCUT2D eigenvalue weighted by atomic mass is 35.5. The number of anilines is 1. The van der Waals surface area contributed by atoms with Crippen molar-refractivity contribution >= 4 is 51.9 Å². The molecule has 7 nitrogen and oxygen atoms in total. The van der Waals surface area contributed by atoms with Crippen LogP contribution in [0.2, 0.25) is 10.0 Å². The first-order valence-corrected chi connectivity index (χ1v) is 9.83. The van der Waals surface area contributed by atoms with Gasteiger partial charge in [-0.2, -0.15) is 0 Å². The molecule has 3 aromatic rings. The molecule has 1 saturated carbocycles. The largest absolute Gasteiger partial charge is 0.449 e. The summed E-state index contributed by atoms with van der Waals surface area (Å²) in [5.41, 5.74) is 2.27. The molecule has 1 unspecified atom stereocenters. The third-order valence-corrected chi connectivity index (χ3v) is 5.24. The van der Waals surface area contributed by atoms with E-state index in [2.05, 4.69) is 15.5 Å². The summed E-state index contributed by atoms with van der Waals surface area (Å²) in [5, 5.41) is 7.75. The number of benzene rings is 1. The van der Waals surface area contributed by atoms with Gasteiger partial charge in [0, 0.05) is 16.6 Å². The van der Waals surface area contributed by atoms with Crippen molar-refractivity contribution in [3.8, 4) is 0 Å². The van der Waals surface area contributed by atoms with Gasteiger partial charge in [-0.15, -0.1) is 0 Å². The van der Waals surface area contributed by atoms with Gasteiger partial charge in [0.2, 0.25) is 0 Å². The highest BCUT2D eigenvalue weighted by Gasteiger charge is 2.30. The average Bonchev–Trinajstić information content (AvgIpc) is 3.46. The van der Waals surface area contributed by atoms with E-state index in [4.69, 9.17) is 32.5 Å². The zero-order valence-electron chi connectivity index (χ0n) is 15.7. The molecule has 1 N–H and O–H groups in total. The van der Waals surface area contributed by atoms with Gasteiger partial charge in [-0.25, -0.2) is 9.78 Å². The van der Waals surface area contributed by atoms with E-state index in [0.29, 0.717) is 39.0 Å². The van der Waals surface area contributed by atoms with Crippen molar-refractivity contribution < 1.29 is 18.8 Å². The van der Waals surface area contributed by atoms with Crippen molar-refractivity contribution in [1.82, 2.24) is 10.1 Å². The van der Waals surface area contributed by atoms with Crippen LogP contribution in [0.5, 0.6) is 0 Å². The summed E-state index contributed by atoms with van der Waals surface area (Å²) in [5.74, 6) is -0.850. The maximum absolute atomic E-state index is 12.8. The number of nitrogens with one attached hydrogen (secondary N) is 1. The number of nitrogens with zero attached hydrogens (tertiary/aromatic N) is 2. The minimum atomic E-state index is -1.05. The van der Waals surface area contributed by atoms with Crippen LogP contribution in [-0.4, -0.2) is 28.1 Å². The third kappa shape index (κ3) is 4.06. The van der Waals surface area contributed by atoms with E-state index in [0.717, 1.165) is 18.5 Å². The van der Waals surface area contributed by atoms with Crippen LogP contribution in [0.4, 0.5) is 5.69 Å². The fourth-order valence-corrected chi connectivity index (χ4v) is 3.42. The summed E-state index contributed by atoms with van der Waals surface area (Å²) >= 11 is 11.9. The summed E-state index contributed by atoms with van der Waals surface area (Å²) in [6, 6.07) is 6.39. The Labute approximate surface area is 176 Å². The molecule has 29 heavy (non-hydrogen) atoms. The van der Waals surface area contributed by atoms with Crippen LogP contribution in [0.3, 0.4) is 0 Å². The molecule has 2 aromatic heterocycles. The molecule has 4 rings (SSSR count). The molecule has 1 atom stereocenters. The predicted octanol–water partition coefficient (Wildman–Crippen LogP) is 4.90. The summed E-state index contributed by atoms with van der Waals surface area (Å²) in [7, 11) is 0. The molecule has 9 heteroatoms.